The number of ether oxygens (including phenoxy) is 2. The first kappa shape index (κ1) is 24.8. The van der Waals surface area contributed by atoms with Crippen molar-refractivity contribution in [2.45, 2.75) is 18.3 Å². The lowest BCUT2D eigenvalue weighted by molar-refractivity contribution is -0.201. The summed E-state index contributed by atoms with van der Waals surface area (Å²) in [7, 11) is 3.05. The number of rotatable bonds is 6. The summed E-state index contributed by atoms with van der Waals surface area (Å²) in [6.45, 7) is -0.630. The van der Waals surface area contributed by atoms with Gasteiger partial charge in [0.05, 0.1) is 7.11 Å². The Bertz CT molecular complexity index is 1360. The third-order valence-electron chi connectivity index (χ3n) is 5.87. The highest BCUT2D eigenvalue weighted by Gasteiger charge is 2.49. The van der Waals surface area contributed by atoms with Crippen LogP contribution >= 0.6 is 0 Å². The highest BCUT2D eigenvalue weighted by atomic mass is 19.4. The number of amides is 1. The standard InChI is InChI=1S/C26H22F3N3O4/c1-32-22(33)25(31-24(32)30,19-9-3-6-16(12-19)15-36-23(34)26(27,28)29)20-10-4-7-17(13-20)18-8-5-11-21(14-18)35-2/h3-14H,15H2,1-2H3,(H2,30,31). The maximum Gasteiger partial charge on any atom is 0.490 e. The number of aliphatic imine (C=N–C) groups is 1. The van der Waals surface area contributed by atoms with Crippen molar-refractivity contribution in [2.75, 3.05) is 14.2 Å². The molecule has 1 aliphatic rings. The molecule has 1 aliphatic heterocycles. The highest BCUT2D eigenvalue weighted by Crippen LogP contribution is 2.41. The van der Waals surface area contributed by atoms with E-state index in [1.165, 1.54) is 24.1 Å². The molecule has 0 spiro atoms. The number of hydrogen-bond donors (Lipinski definition) is 1. The molecule has 186 valence electrons. The fraction of sp³-hybridized carbons (Fsp3) is 0.192. The van der Waals surface area contributed by atoms with Crippen LogP contribution in [0.1, 0.15) is 16.7 Å². The molecular formula is C26H22F3N3O4. The van der Waals surface area contributed by atoms with Crippen LogP contribution < -0.4 is 10.5 Å². The lowest BCUT2D eigenvalue weighted by Gasteiger charge is -2.27. The van der Waals surface area contributed by atoms with Gasteiger partial charge in [0.15, 0.2) is 11.5 Å². The van der Waals surface area contributed by atoms with Crippen molar-refractivity contribution >= 4 is 17.8 Å². The molecule has 3 aromatic rings. The Hall–Kier alpha value is -4.34. The summed E-state index contributed by atoms with van der Waals surface area (Å²) >= 11 is 0. The molecule has 0 saturated carbocycles. The van der Waals surface area contributed by atoms with Gasteiger partial charge in [-0.2, -0.15) is 13.2 Å². The van der Waals surface area contributed by atoms with Gasteiger partial charge in [-0.25, -0.2) is 9.79 Å². The number of hydrogen-bond acceptors (Lipinski definition) is 6. The number of alkyl halides is 3. The van der Waals surface area contributed by atoms with Crippen molar-refractivity contribution in [1.82, 2.24) is 4.90 Å². The van der Waals surface area contributed by atoms with Crippen LogP contribution in [0.15, 0.2) is 77.8 Å². The molecule has 0 fully saturated rings. The Morgan fingerprint density at radius 2 is 1.61 bits per heavy atom. The Balaban J connectivity index is 1.80. The summed E-state index contributed by atoms with van der Waals surface area (Å²) in [4.78, 5) is 30.5. The van der Waals surface area contributed by atoms with Crippen LogP contribution in [0.4, 0.5) is 13.2 Å². The van der Waals surface area contributed by atoms with E-state index in [2.05, 4.69) is 9.73 Å². The number of nitrogens with two attached hydrogens (primary N) is 1. The first-order valence-electron chi connectivity index (χ1n) is 10.8. The molecule has 0 radical (unpaired) electrons. The number of guanidine groups is 1. The number of carbonyl (C=O) groups is 2. The molecule has 2 N–H and O–H groups in total. The summed E-state index contributed by atoms with van der Waals surface area (Å²) in [5, 5.41) is 0. The molecule has 0 bridgehead atoms. The van der Waals surface area contributed by atoms with Crippen LogP contribution in [0, 0.1) is 0 Å². The molecule has 0 aliphatic carbocycles. The Morgan fingerprint density at radius 3 is 2.22 bits per heavy atom. The van der Waals surface area contributed by atoms with Gasteiger partial charge >= 0.3 is 12.1 Å². The second kappa shape index (κ2) is 9.37. The fourth-order valence-corrected chi connectivity index (χ4v) is 4.03. The van der Waals surface area contributed by atoms with E-state index in [0.29, 0.717) is 16.9 Å². The monoisotopic (exact) mass is 497 g/mol. The van der Waals surface area contributed by atoms with E-state index in [1.54, 1.807) is 37.4 Å². The SMILES string of the molecule is COc1cccc(-c2cccc(C3(c4cccc(COC(=O)C(F)(F)F)c4)N=C(N)N(C)C3=O)c2)c1. The molecule has 10 heteroatoms. The fourth-order valence-electron chi connectivity index (χ4n) is 4.03. The van der Waals surface area contributed by atoms with Crippen LogP contribution in [-0.2, 0) is 26.5 Å². The molecule has 36 heavy (non-hydrogen) atoms. The second-order valence-corrected chi connectivity index (χ2v) is 8.13. The molecule has 1 atom stereocenters. The largest absolute Gasteiger partial charge is 0.497 e. The number of nitrogens with zero attached hydrogens (tertiary/aromatic N) is 2. The summed E-state index contributed by atoms with van der Waals surface area (Å²) < 4.78 is 47.4. The lowest BCUT2D eigenvalue weighted by atomic mass is 9.81. The van der Waals surface area contributed by atoms with Crippen molar-refractivity contribution in [3.8, 4) is 16.9 Å². The first-order valence-corrected chi connectivity index (χ1v) is 10.8. The lowest BCUT2D eigenvalue weighted by Crippen LogP contribution is -2.41. The van der Waals surface area contributed by atoms with Gasteiger partial charge in [-0.1, -0.05) is 48.5 Å². The van der Waals surface area contributed by atoms with Crippen molar-refractivity contribution in [2.24, 2.45) is 10.7 Å². The zero-order chi connectivity index (χ0) is 26.1. The van der Waals surface area contributed by atoms with Crippen molar-refractivity contribution in [3.05, 3.63) is 89.5 Å². The molecule has 3 aromatic carbocycles. The number of halogens is 3. The maximum atomic E-state index is 13.6. The van der Waals surface area contributed by atoms with Gasteiger partial charge in [0.1, 0.15) is 12.4 Å². The van der Waals surface area contributed by atoms with E-state index in [0.717, 1.165) is 11.1 Å². The average Bonchev–Trinajstić information content (AvgIpc) is 3.11. The zero-order valence-electron chi connectivity index (χ0n) is 19.4. The average molecular weight is 497 g/mol. The molecule has 7 nitrogen and oxygen atoms in total. The minimum atomic E-state index is -5.11. The third kappa shape index (κ3) is 4.49. The van der Waals surface area contributed by atoms with Gasteiger partial charge in [-0.15, -0.1) is 0 Å². The Labute approximate surface area is 205 Å². The number of methoxy groups -OCH3 is 1. The first-order chi connectivity index (χ1) is 17.1. The van der Waals surface area contributed by atoms with Gasteiger partial charge < -0.3 is 15.2 Å². The molecule has 1 amide bonds. The second-order valence-electron chi connectivity index (χ2n) is 8.13. The van der Waals surface area contributed by atoms with Gasteiger partial charge in [-0.3, -0.25) is 9.69 Å². The van der Waals surface area contributed by atoms with Crippen LogP contribution in [0.5, 0.6) is 5.75 Å². The Morgan fingerprint density at radius 1 is 1.00 bits per heavy atom. The van der Waals surface area contributed by atoms with Crippen LogP contribution in [-0.4, -0.2) is 43.1 Å². The van der Waals surface area contributed by atoms with E-state index in [9.17, 15) is 22.8 Å². The summed E-state index contributed by atoms with van der Waals surface area (Å²) in [6, 6.07) is 20.7. The van der Waals surface area contributed by atoms with Gasteiger partial charge in [0, 0.05) is 7.05 Å². The number of benzene rings is 3. The van der Waals surface area contributed by atoms with Crippen molar-refractivity contribution < 1.29 is 32.2 Å². The molecule has 4 rings (SSSR count). The predicted molar refractivity (Wildman–Crippen MR) is 126 cm³/mol. The molecule has 1 unspecified atom stereocenters. The minimum absolute atomic E-state index is 0.0133. The van der Waals surface area contributed by atoms with Crippen LogP contribution in [0.3, 0.4) is 0 Å². The van der Waals surface area contributed by atoms with E-state index >= 15 is 0 Å². The highest BCUT2D eigenvalue weighted by molar-refractivity contribution is 6.09. The quantitative estimate of drug-likeness (QED) is 0.520. The van der Waals surface area contributed by atoms with Gasteiger partial charge in [0.2, 0.25) is 0 Å². The molecule has 0 aromatic heterocycles. The van der Waals surface area contributed by atoms with Crippen LogP contribution in [0.25, 0.3) is 11.1 Å². The summed E-state index contributed by atoms with van der Waals surface area (Å²) in [5.41, 5.74) is 7.20. The molecular weight excluding hydrogens is 475 g/mol. The topological polar surface area (TPSA) is 94.2 Å². The van der Waals surface area contributed by atoms with Gasteiger partial charge in [-0.05, 0) is 52.1 Å². The number of esters is 1. The number of likely N-dealkylation sites (N-methyl/N-ethyl adjacent to an activating group) is 1. The zero-order valence-corrected chi connectivity index (χ0v) is 19.4. The minimum Gasteiger partial charge on any atom is -0.497 e. The van der Waals surface area contributed by atoms with Crippen LogP contribution in [0.2, 0.25) is 0 Å². The van der Waals surface area contributed by atoms with E-state index < -0.39 is 30.2 Å². The maximum absolute atomic E-state index is 13.6. The normalized spacial score (nSPS) is 17.6. The van der Waals surface area contributed by atoms with Crippen molar-refractivity contribution in [3.63, 3.8) is 0 Å². The van der Waals surface area contributed by atoms with E-state index in [-0.39, 0.29) is 11.5 Å². The van der Waals surface area contributed by atoms with E-state index in [4.69, 9.17) is 10.5 Å². The Kier molecular flexibility index (Phi) is 6.45. The van der Waals surface area contributed by atoms with Crippen molar-refractivity contribution in [1.29, 1.82) is 0 Å². The summed E-state index contributed by atoms with van der Waals surface area (Å²) in [5.74, 6) is -2.09. The number of carbonyl (C=O) groups excluding carboxylic acids is 2. The van der Waals surface area contributed by atoms with E-state index in [1.807, 2.05) is 30.3 Å². The van der Waals surface area contributed by atoms with Gasteiger partial charge in [0.25, 0.3) is 5.91 Å². The summed E-state index contributed by atoms with van der Waals surface area (Å²) in [6.07, 6.45) is -5.11. The third-order valence-corrected chi connectivity index (χ3v) is 5.87. The smallest absolute Gasteiger partial charge is 0.490 e. The molecule has 1 heterocycles. The molecule has 0 saturated heterocycles. The predicted octanol–water partition coefficient (Wildman–Crippen LogP) is 4.00.